The van der Waals surface area contributed by atoms with Crippen LogP contribution in [-0.4, -0.2) is 25.7 Å². The second-order valence-corrected chi connectivity index (χ2v) is 6.43. The van der Waals surface area contributed by atoms with E-state index in [0.717, 1.165) is 25.0 Å². The molecule has 1 aromatic heterocycles. The maximum Gasteiger partial charge on any atom is 0.0374 e. The van der Waals surface area contributed by atoms with Crippen LogP contribution in [0.15, 0.2) is 29.6 Å². The molecule has 0 radical (unpaired) electrons. The minimum atomic E-state index is 0.719. The molecule has 1 N–H and O–H groups in total. The molecule has 2 aromatic rings. The van der Waals surface area contributed by atoms with Gasteiger partial charge in [0.1, 0.15) is 0 Å². The van der Waals surface area contributed by atoms with Crippen LogP contribution in [0.4, 0.5) is 5.69 Å². The maximum atomic E-state index is 3.67. The molecule has 1 atom stereocenters. The quantitative estimate of drug-likeness (QED) is 0.890. The van der Waals surface area contributed by atoms with Gasteiger partial charge in [0.15, 0.2) is 0 Å². The number of hydrogen-bond acceptors (Lipinski definition) is 3. The first-order valence-electron chi connectivity index (χ1n) is 6.86. The first-order valence-corrected chi connectivity index (χ1v) is 7.74. The Bertz CT molecular complexity index is 558. The predicted octanol–water partition coefficient (Wildman–Crippen LogP) is 3.09. The zero-order valence-corrected chi connectivity index (χ0v) is 11.2. The van der Waals surface area contributed by atoms with E-state index < -0.39 is 0 Å². The van der Waals surface area contributed by atoms with Crippen LogP contribution >= 0.6 is 11.3 Å². The van der Waals surface area contributed by atoms with Crippen LogP contribution in [0.3, 0.4) is 0 Å². The third kappa shape index (κ3) is 1.91. The normalized spacial score (nSPS) is 24.7. The van der Waals surface area contributed by atoms with Gasteiger partial charge < -0.3 is 10.2 Å². The second-order valence-electron chi connectivity index (χ2n) is 5.49. The summed E-state index contributed by atoms with van der Waals surface area (Å²) in [5, 5.41) is 7.24. The molecule has 1 aromatic carbocycles. The van der Waals surface area contributed by atoms with Crippen molar-refractivity contribution in [2.75, 3.05) is 24.5 Å². The fraction of sp³-hybridized carbons (Fsp3) is 0.467. The minimum absolute atomic E-state index is 0.719. The Kier molecular flexibility index (Phi) is 2.55. The van der Waals surface area contributed by atoms with Crippen LogP contribution in [0.1, 0.15) is 12.8 Å². The molecule has 1 aliphatic heterocycles. The number of rotatable bonds is 2. The van der Waals surface area contributed by atoms with Crippen LogP contribution in [0.5, 0.6) is 0 Å². The largest absolute Gasteiger partial charge is 0.369 e. The molecule has 3 heteroatoms. The average Bonchev–Trinajstić information content (AvgIpc) is 3.17. The van der Waals surface area contributed by atoms with Gasteiger partial charge in [-0.1, -0.05) is 0 Å². The Labute approximate surface area is 112 Å². The minimum Gasteiger partial charge on any atom is -0.369 e. The monoisotopic (exact) mass is 258 g/mol. The Morgan fingerprint density at radius 1 is 1.22 bits per heavy atom. The van der Waals surface area contributed by atoms with Crippen molar-refractivity contribution in [1.29, 1.82) is 0 Å². The second kappa shape index (κ2) is 4.25. The zero-order valence-electron chi connectivity index (χ0n) is 10.4. The number of nitrogens with one attached hydrogen (secondary N) is 1. The van der Waals surface area contributed by atoms with Crippen molar-refractivity contribution < 1.29 is 0 Å². The Hall–Kier alpha value is -1.06. The molecular formula is C15H18N2S. The number of nitrogens with zero attached hydrogens (tertiary/aromatic N) is 1. The third-order valence-electron chi connectivity index (χ3n) is 4.20. The van der Waals surface area contributed by atoms with Gasteiger partial charge in [0.25, 0.3) is 0 Å². The molecule has 2 heterocycles. The highest BCUT2D eigenvalue weighted by Crippen LogP contribution is 2.35. The number of piperazine rings is 1. The van der Waals surface area contributed by atoms with Crippen LogP contribution in [0.25, 0.3) is 10.1 Å². The fourth-order valence-corrected chi connectivity index (χ4v) is 3.75. The molecule has 1 saturated carbocycles. The molecule has 2 nitrogen and oxygen atoms in total. The average molecular weight is 258 g/mol. The van der Waals surface area contributed by atoms with Crippen molar-refractivity contribution in [2.24, 2.45) is 5.92 Å². The molecule has 0 spiro atoms. The maximum absolute atomic E-state index is 3.67. The van der Waals surface area contributed by atoms with Gasteiger partial charge >= 0.3 is 0 Å². The Morgan fingerprint density at radius 3 is 3.06 bits per heavy atom. The molecule has 94 valence electrons. The molecule has 1 unspecified atom stereocenters. The van der Waals surface area contributed by atoms with E-state index in [2.05, 4.69) is 39.9 Å². The summed E-state index contributed by atoms with van der Waals surface area (Å²) in [6.45, 7) is 3.45. The summed E-state index contributed by atoms with van der Waals surface area (Å²) < 4.78 is 1.40. The van der Waals surface area contributed by atoms with Gasteiger partial charge in [-0.25, -0.2) is 0 Å². The SMILES string of the molecule is c1cc2cc(N3CCNC(C4CC4)C3)ccc2s1. The topological polar surface area (TPSA) is 15.3 Å². The lowest BCUT2D eigenvalue weighted by Crippen LogP contribution is -2.51. The molecule has 2 fully saturated rings. The molecular weight excluding hydrogens is 240 g/mol. The van der Waals surface area contributed by atoms with Crippen molar-refractivity contribution in [1.82, 2.24) is 5.32 Å². The van der Waals surface area contributed by atoms with E-state index in [9.17, 15) is 0 Å². The predicted molar refractivity (Wildman–Crippen MR) is 78.6 cm³/mol. The summed E-state index contributed by atoms with van der Waals surface area (Å²) in [6.07, 6.45) is 2.85. The third-order valence-corrected chi connectivity index (χ3v) is 5.10. The number of anilines is 1. The van der Waals surface area contributed by atoms with Gasteiger partial charge in [0.2, 0.25) is 0 Å². The van der Waals surface area contributed by atoms with Crippen molar-refractivity contribution in [3.8, 4) is 0 Å². The molecule has 0 amide bonds. The van der Waals surface area contributed by atoms with Crippen molar-refractivity contribution >= 4 is 27.1 Å². The lowest BCUT2D eigenvalue weighted by atomic mass is 10.1. The van der Waals surface area contributed by atoms with Gasteiger partial charge in [0, 0.05) is 36.1 Å². The summed E-state index contributed by atoms with van der Waals surface area (Å²) in [5.41, 5.74) is 1.40. The Morgan fingerprint density at radius 2 is 2.17 bits per heavy atom. The van der Waals surface area contributed by atoms with Crippen molar-refractivity contribution in [3.63, 3.8) is 0 Å². The van der Waals surface area contributed by atoms with Crippen LogP contribution in [0, 0.1) is 5.92 Å². The molecule has 2 aliphatic rings. The highest BCUT2D eigenvalue weighted by Gasteiger charge is 2.33. The zero-order chi connectivity index (χ0) is 11.9. The van der Waals surface area contributed by atoms with Crippen LogP contribution in [-0.2, 0) is 0 Å². The van der Waals surface area contributed by atoms with Crippen LogP contribution in [0.2, 0.25) is 0 Å². The highest BCUT2D eigenvalue weighted by atomic mass is 32.1. The lowest BCUT2D eigenvalue weighted by molar-refractivity contribution is 0.419. The number of benzene rings is 1. The standard InChI is InChI=1S/C15H18N2S/c1-2-11(1)14-10-17(7-6-16-14)13-3-4-15-12(9-13)5-8-18-15/h3-5,8-9,11,14,16H,1-2,6-7,10H2. The summed E-state index contributed by atoms with van der Waals surface area (Å²) >= 11 is 1.83. The summed E-state index contributed by atoms with van der Waals surface area (Å²) in [5.74, 6) is 0.942. The van der Waals surface area contributed by atoms with Crippen molar-refractivity contribution in [3.05, 3.63) is 29.6 Å². The molecule has 4 rings (SSSR count). The van der Waals surface area contributed by atoms with E-state index in [1.54, 1.807) is 0 Å². The van der Waals surface area contributed by atoms with Crippen molar-refractivity contribution in [2.45, 2.75) is 18.9 Å². The molecule has 0 bridgehead atoms. The van der Waals surface area contributed by atoms with Gasteiger partial charge in [-0.05, 0) is 53.8 Å². The first kappa shape index (κ1) is 10.8. The Balaban J connectivity index is 1.60. The van der Waals surface area contributed by atoms with Gasteiger partial charge in [-0.3, -0.25) is 0 Å². The smallest absolute Gasteiger partial charge is 0.0374 e. The van der Waals surface area contributed by atoms with E-state index >= 15 is 0 Å². The van der Waals surface area contributed by atoms with Gasteiger partial charge in [-0.15, -0.1) is 11.3 Å². The summed E-state index contributed by atoms with van der Waals surface area (Å²) in [7, 11) is 0. The molecule has 18 heavy (non-hydrogen) atoms. The van der Waals surface area contributed by atoms with Crippen LogP contribution < -0.4 is 10.2 Å². The van der Waals surface area contributed by atoms with E-state index in [4.69, 9.17) is 0 Å². The van der Waals surface area contributed by atoms with E-state index in [1.165, 1.54) is 35.2 Å². The lowest BCUT2D eigenvalue weighted by Gasteiger charge is -2.35. The number of hydrogen-bond donors (Lipinski definition) is 1. The highest BCUT2D eigenvalue weighted by molar-refractivity contribution is 7.17. The summed E-state index contributed by atoms with van der Waals surface area (Å²) in [4.78, 5) is 2.55. The first-order chi connectivity index (χ1) is 8.90. The van der Waals surface area contributed by atoms with Gasteiger partial charge in [0.05, 0.1) is 0 Å². The van der Waals surface area contributed by atoms with E-state index in [0.29, 0.717) is 0 Å². The van der Waals surface area contributed by atoms with Gasteiger partial charge in [-0.2, -0.15) is 0 Å². The molecule has 1 saturated heterocycles. The molecule has 1 aliphatic carbocycles. The summed E-state index contributed by atoms with van der Waals surface area (Å²) in [6, 6.07) is 9.85. The van der Waals surface area contributed by atoms with E-state index in [1.807, 2.05) is 11.3 Å². The van der Waals surface area contributed by atoms with E-state index in [-0.39, 0.29) is 0 Å². The fourth-order valence-electron chi connectivity index (χ4n) is 2.98. The number of thiophene rings is 1. The number of fused-ring (bicyclic) bond motifs is 1.